The maximum atomic E-state index is 8.12. The first-order valence-corrected chi connectivity index (χ1v) is 5.90. The Morgan fingerprint density at radius 1 is 1.44 bits per heavy atom. The number of rotatable bonds is 0. The predicted molar refractivity (Wildman–Crippen MR) is 68.5 cm³/mol. The quantitative estimate of drug-likeness (QED) is 0.732. The lowest BCUT2D eigenvalue weighted by Crippen LogP contribution is -2.32. The summed E-state index contributed by atoms with van der Waals surface area (Å²) in [7, 11) is 2.09. The molecule has 2 rings (SSSR count). The highest BCUT2D eigenvalue weighted by molar-refractivity contribution is 5.47. The standard InChI is InChI=1S/C8H14N4.C3H8.CO2/c1-8(2)6-5(4-12(8)3)7(9)11-10-6;1-3-2;2-1-3/h4H2,1-3H3,(H3,9,10,11);3H2,1-2H3;. The molecule has 1 aliphatic heterocycles. The Labute approximate surface area is 108 Å². The van der Waals surface area contributed by atoms with Gasteiger partial charge in [0.25, 0.3) is 0 Å². The first-order valence-electron chi connectivity index (χ1n) is 5.90. The summed E-state index contributed by atoms with van der Waals surface area (Å²) in [5.41, 5.74) is 8.06. The van der Waals surface area contributed by atoms with Crippen LogP contribution in [0.4, 0.5) is 5.82 Å². The van der Waals surface area contributed by atoms with E-state index in [9.17, 15) is 0 Å². The monoisotopic (exact) mass is 254 g/mol. The maximum Gasteiger partial charge on any atom is 0.373 e. The van der Waals surface area contributed by atoms with Crippen molar-refractivity contribution in [3.63, 3.8) is 0 Å². The minimum Gasteiger partial charge on any atom is -0.382 e. The number of carbonyl (C=O) groups excluding carboxylic acids is 2. The van der Waals surface area contributed by atoms with E-state index in [1.165, 1.54) is 6.42 Å². The van der Waals surface area contributed by atoms with E-state index in [0.717, 1.165) is 17.8 Å². The fourth-order valence-corrected chi connectivity index (χ4v) is 1.67. The Morgan fingerprint density at radius 3 is 2.28 bits per heavy atom. The molecule has 0 fully saturated rings. The highest BCUT2D eigenvalue weighted by Gasteiger charge is 2.37. The zero-order valence-corrected chi connectivity index (χ0v) is 11.7. The number of anilines is 1. The normalized spacial score (nSPS) is 15.6. The summed E-state index contributed by atoms with van der Waals surface area (Å²) in [6.07, 6.45) is 1.50. The van der Waals surface area contributed by atoms with Gasteiger partial charge in [-0.2, -0.15) is 14.7 Å². The van der Waals surface area contributed by atoms with Crippen LogP contribution in [0.2, 0.25) is 0 Å². The zero-order chi connectivity index (χ0) is 14.3. The smallest absolute Gasteiger partial charge is 0.373 e. The van der Waals surface area contributed by atoms with E-state index < -0.39 is 0 Å². The van der Waals surface area contributed by atoms with Crippen molar-refractivity contribution < 1.29 is 9.59 Å². The first-order chi connectivity index (χ1) is 8.36. The van der Waals surface area contributed by atoms with Crippen LogP contribution in [0.25, 0.3) is 0 Å². The fourth-order valence-electron chi connectivity index (χ4n) is 1.67. The maximum absolute atomic E-state index is 8.12. The molecule has 2 heterocycles. The Kier molecular flexibility index (Phi) is 6.30. The summed E-state index contributed by atoms with van der Waals surface area (Å²) in [6, 6.07) is 0. The molecular formula is C12H22N4O2. The molecule has 0 spiro atoms. The molecule has 0 unspecified atom stereocenters. The summed E-state index contributed by atoms with van der Waals surface area (Å²) >= 11 is 0. The van der Waals surface area contributed by atoms with Crippen LogP contribution in [0.15, 0.2) is 0 Å². The van der Waals surface area contributed by atoms with Crippen LogP contribution in [0.3, 0.4) is 0 Å². The van der Waals surface area contributed by atoms with Gasteiger partial charge < -0.3 is 5.73 Å². The highest BCUT2D eigenvalue weighted by atomic mass is 16.2. The number of nitrogens with one attached hydrogen (secondary N) is 1. The van der Waals surface area contributed by atoms with Crippen molar-refractivity contribution in [2.24, 2.45) is 0 Å². The van der Waals surface area contributed by atoms with Gasteiger partial charge >= 0.3 is 6.15 Å². The van der Waals surface area contributed by atoms with Gasteiger partial charge in [0.15, 0.2) is 0 Å². The van der Waals surface area contributed by atoms with Crippen molar-refractivity contribution >= 4 is 12.0 Å². The summed E-state index contributed by atoms with van der Waals surface area (Å²) < 4.78 is 0. The lowest BCUT2D eigenvalue weighted by Gasteiger charge is -2.27. The minimum atomic E-state index is 0.0416. The molecule has 0 aliphatic carbocycles. The molecule has 6 heteroatoms. The third kappa shape index (κ3) is 3.42. The first kappa shape index (κ1) is 16.4. The van der Waals surface area contributed by atoms with Crippen LogP contribution in [0, 0.1) is 0 Å². The summed E-state index contributed by atoms with van der Waals surface area (Å²) in [4.78, 5) is 18.5. The molecule has 0 aromatic carbocycles. The second kappa shape index (κ2) is 6.93. The Morgan fingerprint density at radius 2 is 1.89 bits per heavy atom. The second-order valence-electron chi connectivity index (χ2n) is 4.67. The molecule has 0 atom stereocenters. The van der Waals surface area contributed by atoms with Crippen LogP contribution < -0.4 is 5.73 Å². The number of nitrogen functional groups attached to an aromatic ring is 1. The number of H-pyrrole nitrogens is 1. The van der Waals surface area contributed by atoms with Crippen LogP contribution in [0.5, 0.6) is 0 Å². The molecule has 0 bridgehead atoms. The molecule has 1 aliphatic rings. The average Bonchev–Trinajstić information content (AvgIpc) is 2.72. The molecule has 0 radical (unpaired) electrons. The van der Waals surface area contributed by atoms with Crippen LogP contribution >= 0.6 is 0 Å². The lowest BCUT2D eigenvalue weighted by molar-refractivity contribution is -0.191. The van der Waals surface area contributed by atoms with Gasteiger partial charge in [0.05, 0.1) is 11.2 Å². The van der Waals surface area contributed by atoms with Crippen molar-refractivity contribution in [1.82, 2.24) is 15.1 Å². The fraction of sp³-hybridized carbons (Fsp3) is 0.667. The average molecular weight is 254 g/mol. The van der Waals surface area contributed by atoms with Crippen LogP contribution in [-0.2, 0) is 21.7 Å². The van der Waals surface area contributed by atoms with Crippen molar-refractivity contribution in [1.29, 1.82) is 0 Å². The van der Waals surface area contributed by atoms with Crippen LogP contribution in [0.1, 0.15) is 45.4 Å². The van der Waals surface area contributed by atoms with Crippen LogP contribution in [-0.4, -0.2) is 28.3 Å². The summed E-state index contributed by atoms with van der Waals surface area (Å²) in [6.45, 7) is 9.47. The van der Waals surface area contributed by atoms with Gasteiger partial charge in [-0.3, -0.25) is 10.00 Å². The van der Waals surface area contributed by atoms with Gasteiger partial charge in [-0.15, -0.1) is 0 Å². The minimum absolute atomic E-state index is 0.0416. The highest BCUT2D eigenvalue weighted by Crippen LogP contribution is 2.37. The molecular weight excluding hydrogens is 232 g/mol. The van der Waals surface area contributed by atoms with E-state index in [2.05, 4.69) is 49.8 Å². The molecule has 0 saturated carbocycles. The number of hydrogen-bond acceptors (Lipinski definition) is 5. The molecule has 1 aromatic heterocycles. The molecule has 3 N–H and O–H groups in total. The van der Waals surface area contributed by atoms with Gasteiger partial charge in [-0.25, -0.2) is 0 Å². The SMILES string of the molecule is CCC.CN1Cc2c(N)n[nH]c2C1(C)C.O=C=O. The summed E-state index contributed by atoms with van der Waals surface area (Å²) in [5.74, 6) is 0.641. The van der Waals surface area contributed by atoms with Gasteiger partial charge in [-0.1, -0.05) is 20.3 Å². The molecule has 1 aromatic rings. The molecule has 0 saturated heterocycles. The van der Waals surface area contributed by atoms with E-state index in [1.54, 1.807) is 0 Å². The topological polar surface area (TPSA) is 92.1 Å². The third-order valence-corrected chi connectivity index (χ3v) is 2.86. The van der Waals surface area contributed by atoms with Gasteiger partial charge in [0.1, 0.15) is 5.82 Å². The predicted octanol–water partition coefficient (Wildman–Crippen LogP) is 1.51. The van der Waals surface area contributed by atoms with Gasteiger partial charge in [0.2, 0.25) is 0 Å². The van der Waals surface area contributed by atoms with E-state index in [1.807, 2.05) is 0 Å². The zero-order valence-electron chi connectivity index (χ0n) is 11.7. The number of hydrogen-bond donors (Lipinski definition) is 2. The third-order valence-electron chi connectivity index (χ3n) is 2.86. The lowest BCUT2D eigenvalue weighted by atomic mass is 10.0. The van der Waals surface area contributed by atoms with Gasteiger partial charge in [-0.05, 0) is 20.9 Å². The van der Waals surface area contributed by atoms with E-state index in [0.29, 0.717) is 5.82 Å². The molecule has 6 nitrogen and oxygen atoms in total. The number of nitrogens with zero attached hydrogens (tertiary/aromatic N) is 2. The molecule has 102 valence electrons. The Bertz CT molecular complexity index is 406. The second-order valence-corrected chi connectivity index (χ2v) is 4.67. The van der Waals surface area contributed by atoms with Gasteiger partial charge in [0, 0.05) is 12.1 Å². The number of aromatic amines is 1. The van der Waals surface area contributed by atoms with E-state index in [4.69, 9.17) is 15.3 Å². The van der Waals surface area contributed by atoms with E-state index in [-0.39, 0.29) is 11.7 Å². The van der Waals surface area contributed by atoms with Crippen molar-refractivity contribution in [3.8, 4) is 0 Å². The largest absolute Gasteiger partial charge is 0.382 e. The number of nitrogens with two attached hydrogens (primary N) is 1. The number of fused-ring (bicyclic) bond motifs is 1. The van der Waals surface area contributed by atoms with E-state index >= 15 is 0 Å². The molecule has 0 amide bonds. The number of aromatic nitrogens is 2. The van der Waals surface area contributed by atoms with Crippen molar-refractivity contribution in [2.75, 3.05) is 12.8 Å². The van der Waals surface area contributed by atoms with Crippen molar-refractivity contribution in [2.45, 2.75) is 46.2 Å². The Hall–Kier alpha value is -1.65. The molecule has 18 heavy (non-hydrogen) atoms. The summed E-state index contributed by atoms with van der Waals surface area (Å²) in [5, 5.41) is 6.98. The van der Waals surface area contributed by atoms with Crippen molar-refractivity contribution in [3.05, 3.63) is 11.3 Å². The Balaban J connectivity index is 0.000000414.